The molecule has 7 nitrogen and oxygen atoms in total. The van der Waals surface area contributed by atoms with Gasteiger partial charge in [0.1, 0.15) is 6.61 Å². The third-order valence-electron chi connectivity index (χ3n) is 7.13. The first-order chi connectivity index (χ1) is 16.9. The van der Waals surface area contributed by atoms with Crippen molar-refractivity contribution in [1.82, 2.24) is 10.6 Å². The van der Waals surface area contributed by atoms with Crippen LogP contribution in [0.3, 0.4) is 0 Å². The molecular formula is C28H34N2O5. The summed E-state index contributed by atoms with van der Waals surface area (Å²) in [5.74, 6) is -0.991. The number of fused-ring (bicyclic) bond motifs is 3. The zero-order valence-corrected chi connectivity index (χ0v) is 20.2. The summed E-state index contributed by atoms with van der Waals surface area (Å²) in [7, 11) is 0. The number of alkyl carbamates (subject to hydrolysis) is 1. The molecule has 1 fully saturated rings. The fraction of sp³-hybridized carbons (Fsp3) is 0.464. The van der Waals surface area contributed by atoms with Crippen LogP contribution in [0, 0.1) is 5.92 Å². The van der Waals surface area contributed by atoms with Gasteiger partial charge in [-0.2, -0.15) is 0 Å². The minimum absolute atomic E-state index is 0.0145. The quantitative estimate of drug-likeness (QED) is 0.478. The van der Waals surface area contributed by atoms with Crippen LogP contribution < -0.4 is 10.6 Å². The maximum absolute atomic E-state index is 12.7. The Hall–Kier alpha value is -3.35. The fourth-order valence-corrected chi connectivity index (χ4v) is 5.36. The van der Waals surface area contributed by atoms with Crippen LogP contribution in [0.4, 0.5) is 4.79 Å². The van der Waals surface area contributed by atoms with Crippen molar-refractivity contribution in [2.24, 2.45) is 5.92 Å². The molecule has 0 aliphatic heterocycles. The van der Waals surface area contributed by atoms with E-state index >= 15 is 0 Å². The van der Waals surface area contributed by atoms with Crippen LogP contribution in [0.15, 0.2) is 48.5 Å². The van der Waals surface area contributed by atoms with Crippen molar-refractivity contribution in [2.45, 2.75) is 69.9 Å². The van der Waals surface area contributed by atoms with Gasteiger partial charge < -0.3 is 20.5 Å². The lowest BCUT2D eigenvalue weighted by Gasteiger charge is -2.29. The Bertz CT molecular complexity index is 1020. The number of carboxylic acids is 1. The molecule has 3 unspecified atom stereocenters. The highest BCUT2D eigenvalue weighted by molar-refractivity contribution is 5.80. The van der Waals surface area contributed by atoms with Gasteiger partial charge in [-0.25, -0.2) is 4.79 Å². The summed E-state index contributed by atoms with van der Waals surface area (Å²) >= 11 is 0. The van der Waals surface area contributed by atoms with Crippen molar-refractivity contribution < 1.29 is 24.2 Å². The Morgan fingerprint density at radius 3 is 2.34 bits per heavy atom. The van der Waals surface area contributed by atoms with Gasteiger partial charge in [-0.1, -0.05) is 55.0 Å². The number of amides is 2. The number of nitrogens with one attached hydrogen (secondary N) is 2. The maximum Gasteiger partial charge on any atom is 0.407 e. The minimum atomic E-state index is -0.821. The number of ether oxygens (including phenoxy) is 1. The van der Waals surface area contributed by atoms with Crippen LogP contribution in [-0.2, 0) is 14.3 Å². The van der Waals surface area contributed by atoms with Gasteiger partial charge in [-0.3, -0.25) is 9.59 Å². The normalized spacial score (nSPS) is 19.8. The van der Waals surface area contributed by atoms with Gasteiger partial charge in [0, 0.05) is 30.3 Å². The van der Waals surface area contributed by atoms with Crippen molar-refractivity contribution >= 4 is 18.0 Å². The minimum Gasteiger partial charge on any atom is -0.481 e. The Kier molecular flexibility index (Phi) is 8.06. The molecule has 3 N–H and O–H groups in total. The molecule has 2 aromatic carbocycles. The lowest BCUT2D eigenvalue weighted by Crippen LogP contribution is -2.44. The van der Waals surface area contributed by atoms with E-state index in [0.29, 0.717) is 19.3 Å². The summed E-state index contributed by atoms with van der Waals surface area (Å²) in [4.78, 5) is 36.0. The Morgan fingerprint density at radius 2 is 1.69 bits per heavy atom. The lowest BCUT2D eigenvalue weighted by atomic mass is 9.85. The summed E-state index contributed by atoms with van der Waals surface area (Å²) in [5, 5.41) is 14.7. The molecule has 3 atom stereocenters. The molecule has 4 rings (SSSR count). The first-order valence-electron chi connectivity index (χ1n) is 12.6. The highest BCUT2D eigenvalue weighted by atomic mass is 16.5. The van der Waals surface area contributed by atoms with Gasteiger partial charge in [0.25, 0.3) is 0 Å². The molecule has 2 amide bonds. The zero-order valence-electron chi connectivity index (χ0n) is 20.2. The first kappa shape index (κ1) is 24.8. The molecular weight excluding hydrogens is 444 g/mol. The second kappa shape index (κ2) is 11.4. The number of carbonyl (C=O) groups excluding carboxylic acids is 2. The highest BCUT2D eigenvalue weighted by Crippen LogP contribution is 2.44. The number of carboxylic acid groups (broad SMARTS) is 1. The summed E-state index contributed by atoms with van der Waals surface area (Å²) in [6, 6.07) is 16.3. The Balaban J connectivity index is 1.26. The second-order valence-electron chi connectivity index (χ2n) is 9.73. The highest BCUT2D eigenvalue weighted by Gasteiger charge is 2.31. The molecule has 0 saturated heterocycles. The second-order valence-corrected chi connectivity index (χ2v) is 9.73. The van der Waals surface area contributed by atoms with Crippen molar-refractivity contribution in [3.8, 4) is 11.1 Å². The van der Waals surface area contributed by atoms with E-state index in [4.69, 9.17) is 9.84 Å². The first-order valence-corrected chi connectivity index (χ1v) is 12.6. The number of carbonyl (C=O) groups is 3. The molecule has 0 spiro atoms. The van der Waals surface area contributed by atoms with Gasteiger partial charge in [0.2, 0.25) is 5.91 Å². The SMILES string of the molecule is CC(CCCC(=O)O)NC(=O)C1CCCC(NC(=O)OCC2c3ccccc3-c3ccccc32)C1. The number of benzene rings is 2. The molecule has 2 aliphatic carbocycles. The van der Waals surface area contributed by atoms with E-state index < -0.39 is 12.1 Å². The summed E-state index contributed by atoms with van der Waals surface area (Å²) in [6.45, 7) is 2.17. The van der Waals surface area contributed by atoms with E-state index in [1.807, 2.05) is 31.2 Å². The van der Waals surface area contributed by atoms with E-state index in [-0.39, 0.29) is 42.9 Å². The van der Waals surface area contributed by atoms with Crippen molar-refractivity contribution in [2.75, 3.05) is 6.61 Å². The number of rotatable bonds is 9. The number of hydrogen-bond acceptors (Lipinski definition) is 4. The monoisotopic (exact) mass is 478 g/mol. The third kappa shape index (κ3) is 6.21. The van der Waals surface area contributed by atoms with Crippen LogP contribution in [0.1, 0.15) is 68.9 Å². The lowest BCUT2D eigenvalue weighted by molar-refractivity contribution is -0.137. The molecule has 2 aliphatic rings. The van der Waals surface area contributed by atoms with Crippen molar-refractivity contribution in [1.29, 1.82) is 0 Å². The number of hydrogen-bond donors (Lipinski definition) is 3. The van der Waals surface area contributed by atoms with Crippen LogP contribution >= 0.6 is 0 Å². The molecule has 0 heterocycles. The van der Waals surface area contributed by atoms with Crippen LogP contribution in [-0.4, -0.2) is 41.8 Å². The van der Waals surface area contributed by atoms with E-state index in [1.165, 1.54) is 22.3 Å². The summed E-state index contributed by atoms with van der Waals surface area (Å²) in [5.41, 5.74) is 4.73. The van der Waals surface area contributed by atoms with Crippen LogP contribution in [0.5, 0.6) is 0 Å². The standard InChI is InChI=1S/C28H34N2O5/c1-18(8-6-15-26(31)32)29-27(33)19-9-7-10-20(16-19)30-28(34)35-17-25-23-13-4-2-11-21(23)22-12-3-5-14-24(22)25/h2-5,11-14,18-20,25H,6-10,15-17H2,1H3,(H,29,33)(H,30,34)(H,31,32). The predicted octanol–water partition coefficient (Wildman–Crippen LogP) is 4.84. The topological polar surface area (TPSA) is 105 Å². The maximum atomic E-state index is 12.7. The molecule has 0 aromatic heterocycles. The largest absolute Gasteiger partial charge is 0.481 e. The van der Waals surface area contributed by atoms with Gasteiger partial charge in [0.05, 0.1) is 0 Å². The number of aliphatic carboxylic acids is 1. The molecule has 186 valence electrons. The van der Waals surface area contributed by atoms with Gasteiger partial charge in [0.15, 0.2) is 0 Å². The summed E-state index contributed by atoms with van der Waals surface area (Å²) < 4.78 is 5.67. The molecule has 2 aromatic rings. The fourth-order valence-electron chi connectivity index (χ4n) is 5.36. The average Bonchev–Trinajstić information content (AvgIpc) is 3.16. The van der Waals surface area contributed by atoms with E-state index in [2.05, 4.69) is 34.9 Å². The van der Waals surface area contributed by atoms with Crippen molar-refractivity contribution in [3.05, 3.63) is 59.7 Å². The van der Waals surface area contributed by atoms with Crippen LogP contribution in [0.25, 0.3) is 11.1 Å². The van der Waals surface area contributed by atoms with Gasteiger partial charge in [-0.15, -0.1) is 0 Å². The molecule has 0 radical (unpaired) electrons. The predicted molar refractivity (Wildman–Crippen MR) is 133 cm³/mol. The molecule has 1 saturated carbocycles. The summed E-state index contributed by atoms with van der Waals surface area (Å²) in [6.07, 6.45) is 3.88. The molecule has 35 heavy (non-hydrogen) atoms. The Morgan fingerprint density at radius 1 is 1.03 bits per heavy atom. The molecule has 0 bridgehead atoms. The zero-order chi connectivity index (χ0) is 24.8. The van der Waals surface area contributed by atoms with E-state index in [0.717, 1.165) is 19.3 Å². The van der Waals surface area contributed by atoms with Crippen molar-refractivity contribution in [3.63, 3.8) is 0 Å². The van der Waals surface area contributed by atoms with Crippen LogP contribution in [0.2, 0.25) is 0 Å². The Labute approximate surface area is 206 Å². The van der Waals surface area contributed by atoms with Gasteiger partial charge >= 0.3 is 12.1 Å². The van der Waals surface area contributed by atoms with E-state index in [1.54, 1.807) is 0 Å². The molecule has 7 heteroatoms. The smallest absolute Gasteiger partial charge is 0.407 e. The third-order valence-corrected chi connectivity index (χ3v) is 7.13. The average molecular weight is 479 g/mol. The van der Waals surface area contributed by atoms with E-state index in [9.17, 15) is 14.4 Å². The van der Waals surface area contributed by atoms with Gasteiger partial charge in [-0.05, 0) is 61.3 Å².